The quantitative estimate of drug-likeness (QED) is 0.253. The van der Waals surface area contributed by atoms with Crippen LogP contribution in [0.1, 0.15) is 18.4 Å². The number of aliphatic hydroxyl groups is 1. The van der Waals surface area contributed by atoms with E-state index in [1.807, 2.05) is 31.5 Å². The Morgan fingerprint density at radius 3 is 2.75 bits per heavy atom. The molecule has 1 aliphatic rings. The van der Waals surface area contributed by atoms with Gasteiger partial charge >= 0.3 is 0 Å². The first kappa shape index (κ1) is 15.0. The Labute approximate surface area is 123 Å². The molecule has 0 aromatic heterocycles. The van der Waals surface area contributed by atoms with Gasteiger partial charge in [-0.2, -0.15) is 0 Å². The fraction of sp³-hybridized carbons (Fsp3) is 0.500. The SMILES string of the molecule is CSc1cccc(N(C)CC2CC(O)C2)c1/C(N)=N/O. The number of hydrogen-bond acceptors (Lipinski definition) is 5. The van der Waals surface area contributed by atoms with Gasteiger partial charge in [0, 0.05) is 24.2 Å². The number of nitrogens with zero attached hydrogens (tertiary/aromatic N) is 2. The van der Waals surface area contributed by atoms with E-state index in [-0.39, 0.29) is 11.9 Å². The van der Waals surface area contributed by atoms with Gasteiger partial charge in [-0.05, 0) is 37.1 Å². The molecule has 4 N–H and O–H groups in total. The van der Waals surface area contributed by atoms with Crippen LogP contribution in [0.2, 0.25) is 0 Å². The van der Waals surface area contributed by atoms with Gasteiger partial charge in [0.25, 0.3) is 0 Å². The molecule has 0 saturated heterocycles. The number of benzene rings is 1. The minimum atomic E-state index is -0.144. The molecular formula is C14H21N3O2S. The molecule has 0 bridgehead atoms. The van der Waals surface area contributed by atoms with E-state index in [2.05, 4.69) is 10.1 Å². The van der Waals surface area contributed by atoms with Crippen molar-refractivity contribution in [3.63, 3.8) is 0 Å². The van der Waals surface area contributed by atoms with Crippen molar-refractivity contribution in [1.82, 2.24) is 0 Å². The van der Waals surface area contributed by atoms with Crippen LogP contribution in [0.15, 0.2) is 28.3 Å². The zero-order chi connectivity index (χ0) is 14.7. The molecule has 5 nitrogen and oxygen atoms in total. The molecule has 1 fully saturated rings. The fourth-order valence-electron chi connectivity index (χ4n) is 2.65. The van der Waals surface area contributed by atoms with Crippen molar-refractivity contribution >= 4 is 23.3 Å². The molecule has 0 aliphatic heterocycles. The van der Waals surface area contributed by atoms with Gasteiger partial charge in [0.1, 0.15) is 0 Å². The number of hydrogen-bond donors (Lipinski definition) is 3. The molecule has 0 unspecified atom stereocenters. The smallest absolute Gasteiger partial charge is 0.173 e. The molecule has 1 aliphatic carbocycles. The van der Waals surface area contributed by atoms with E-state index in [9.17, 15) is 5.11 Å². The highest BCUT2D eigenvalue weighted by atomic mass is 32.2. The zero-order valence-electron chi connectivity index (χ0n) is 11.8. The van der Waals surface area contributed by atoms with Gasteiger partial charge in [-0.1, -0.05) is 11.2 Å². The van der Waals surface area contributed by atoms with Crippen LogP contribution >= 0.6 is 11.8 Å². The number of aliphatic hydroxyl groups excluding tert-OH is 1. The number of amidine groups is 1. The first-order valence-corrected chi connectivity index (χ1v) is 7.83. The lowest BCUT2D eigenvalue weighted by Crippen LogP contribution is -2.37. The molecule has 110 valence electrons. The summed E-state index contributed by atoms with van der Waals surface area (Å²) < 4.78 is 0. The standard InChI is InChI=1S/C14H21N3O2S/c1-17(8-9-6-10(18)7-9)11-4-3-5-12(20-2)13(11)14(15)16-19/h3-5,9-10,18-19H,6-8H2,1-2H3,(H2,15,16). The minimum Gasteiger partial charge on any atom is -0.409 e. The summed E-state index contributed by atoms with van der Waals surface area (Å²) in [4.78, 5) is 3.10. The summed E-state index contributed by atoms with van der Waals surface area (Å²) in [6.45, 7) is 0.862. The Bertz CT molecular complexity index is 501. The van der Waals surface area contributed by atoms with Gasteiger partial charge in [-0.25, -0.2) is 0 Å². The van der Waals surface area contributed by atoms with Crippen molar-refractivity contribution < 1.29 is 10.3 Å². The maximum absolute atomic E-state index is 9.37. The van der Waals surface area contributed by atoms with Crippen molar-refractivity contribution in [3.8, 4) is 0 Å². The molecule has 2 rings (SSSR count). The van der Waals surface area contributed by atoms with Crippen molar-refractivity contribution in [2.45, 2.75) is 23.8 Å². The first-order chi connectivity index (χ1) is 9.56. The highest BCUT2D eigenvalue weighted by molar-refractivity contribution is 7.98. The Balaban J connectivity index is 2.25. The lowest BCUT2D eigenvalue weighted by Gasteiger charge is -2.35. The van der Waals surface area contributed by atoms with Crippen LogP contribution in [0.5, 0.6) is 0 Å². The van der Waals surface area contributed by atoms with Crippen LogP contribution in [-0.4, -0.2) is 42.1 Å². The molecule has 6 heteroatoms. The molecule has 0 atom stereocenters. The zero-order valence-corrected chi connectivity index (χ0v) is 12.6. The van der Waals surface area contributed by atoms with Crippen molar-refractivity contribution in [3.05, 3.63) is 23.8 Å². The molecule has 1 saturated carbocycles. The predicted octanol–water partition coefficient (Wildman–Crippen LogP) is 1.71. The van der Waals surface area contributed by atoms with Crippen molar-refractivity contribution in [2.24, 2.45) is 16.8 Å². The number of oxime groups is 1. The second-order valence-electron chi connectivity index (χ2n) is 5.21. The molecular weight excluding hydrogens is 274 g/mol. The third kappa shape index (κ3) is 3.02. The van der Waals surface area contributed by atoms with Crippen molar-refractivity contribution in [1.29, 1.82) is 0 Å². The Morgan fingerprint density at radius 1 is 1.50 bits per heavy atom. The summed E-state index contributed by atoms with van der Waals surface area (Å²) >= 11 is 1.57. The maximum atomic E-state index is 9.37. The Hall–Kier alpha value is -1.40. The fourth-order valence-corrected chi connectivity index (χ4v) is 3.28. The van der Waals surface area contributed by atoms with E-state index in [4.69, 9.17) is 10.9 Å². The topological polar surface area (TPSA) is 82.1 Å². The molecule has 0 amide bonds. The number of rotatable bonds is 5. The van der Waals surface area contributed by atoms with E-state index in [1.54, 1.807) is 11.8 Å². The van der Waals surface area contributed by atoms with Crippen LogP contribution < -0.4 is 10.6 Å². The van der Waals surface area contributed by atoms with E-state index in [0.29, 0.717) is 5.92 Å². The normalized spacial score (nSPS) is 22.4. The molecule has 0 spiro atoms. The molecule has 1 aromatic rings. The van der Waals surface area contributed by atoms with E-state index < -0.39 is 0 Å². The largest absolute Gasteiger partial charge is 0.409 e. The highest BCUT2D eigenvalue weighted by Gasteiger charge is 2.28. The minimum absolute atomic E-state index is 0.130. The number of anilines is 1. The van der Waals surface area contributed by atoms with Crippen LogP contribution in [0, 0.1) is 5.92 Å². The van der Waals surface area contributed by atoms with Crippen molar-refractivity contribution in [2.75, 3.05) is 24.7 Å². The maximum Gasteiger partial charge on any atom is 0.173 e. The van der Waals surface area contributed by atoms with Gasteiger partial charge in [-0.15, -0.1) is 11.8 Å². The lowest BCUT2D eigenvalue weighted by molar-refractivity contribution is 0.0465. The second-order valence-corrected chi connectivity index (χ2v) is 6.06. The van der Waals surface area contributed by atoms with E-state index >= 15 is 0 Å². The Morgan fingerprint density at radius 2 is 2.20 bits per heavy atom. The summed E-state index contributed by atoms with van der Waals surface area (Å²) in [7, 11) is 2.00. The monoisotopic (exact) mass is 295 g/mol. The third-order valence-electron chi connectivity index (χ3n) is 3.74. The van der Waals surface area contributed by atoms with Gasteiger partial charge in [-0.3, -0.25) is 0 Å². The van der Waals surface area contributed by atoms with Crippen LogP contribution in [-0.2, 0) is 0 Å². The van der Waals surface area contributed by atoms with Crippen LogP contribution in [0.4, 0.5) is 5.69 Å². The van der Waals surface area contributed by atoms with E-state index in [1.165, 1.54) is 0 Å². The lowest BCUT2D eigenvalue weighted by atomic mass is 9.82. The molecule has 1 aromatic carbocycles. The van der Waals surface area contributed by atoms with Gasteiger partial charge in [0.2, 0.25) is 0 Å². The first-order valence-electron chi connectivity index (χ1n) is 6.61. The van der Waals surface area contributed by atoms with Crippen LogP contribution in [0.3, 0.4) is 0 Å². The molecule has 20 heavy (non-hydrogen) atoms. The van der Waals surface area contributed by atoms with Crippen LogP contribution in [0.25, 0.3) is 0 Å². The average molecular weight is 295 g/mol. The summed E-state index contributed by atoms with van der Waals surface area (Å²) in [6, 6.07) is 5.91. The summed E-state index contributed by atoms with van der Waals surface area (Å²) in [5.74, 6) is 0.638. The Kier molecular flexibility index (Phi) is 4.77. The number of thioether (sulfide) groups is 1. The second kappa shape index (κ2) is 6.37. The third-order valence-corrected chi connectivity index (χ3v) is 4.52. The summed E-state index contributed by atoms with van der Waals surface area (Å²) in [6.07, 6.45) is 3.53. The van der Waals surface area contributed by atoms with E-state index in [0.717, 1.165) is 35.5 Å². The van der Waals surface area contributed by atoms with Gasteiger partial charge in [0.15, 0.2) is 5.84 Å². The van der Waals surface area contributed by atoms with Gasteiger partial charge < -0.3 is 20.9 Å². The predicted molar refractivity (Wildman–Crippen MR) is 82.7 cm³/mol. The summed E-state index contributed by atoms with van der Waals surface area (Å²) in [5, 5.41) is 21.5. The summed E-state index contributed by atoms with van der Waals surface area (Å²) in [5.41, 5.74) is 7.55. The molecule has 0 radical (unpaired) electrons. The van der Waals surface area contributed by atoms with Gasteiger partial charge in [0.05, 0.1) is 11.7 Å². The molecule has 0 heterocycles. The highest BCUT2D eigenvalue weighted by Crippen LogP contribution is 2.32. The average Bonchev–Trinajstić information content (AvgIpc) is 2.43. The number of nitrogens with two attached hydrogens (primary N) is 1.